The van der Waals surface area contributed by atoms with Gasteiger partial charge in [-0.1, -0.05) is 0 Å². The average molecular weight is 303 g/mol. The van der Waals surface area contributed by atoms with Gasteiger partial charge in [0.1, 0.15) is 5.56 Å². The zero-order valence-corrected chi connectivity index (χ0v) is 11.8. The average Bonchev–Trinajstić information content (AvgIpc) is 2.55. The molecule has 0 aromatic carbocycles. The van der Waals surface area contributed by atoms with Crippen molar-refractivity contribution in [1.82, 2.24) is 19.5 Å². The van der Waals surface area contributed by atoms with Crippen molar-refractivity contribution in [3.63, 3.8) is 0 Å². The Morgan fingerprint density at radius 3 is 2.55 bits per heavy atom. The summed E-state index contributed by atoms with van der Waals surface area (Å²) in [6.45, 7) is 0. The number of hydrogen-bond acceptors (Lipinski definition) is 6. The van der Waals surface area contributed by atoms with E-state index in [0.717, 1.165) is 15.3 Å². The lowest BCUT2D eigenvalue weighted by atomic mass is 10.3. The van der Waals surface area contributed by atoms with Crippen molar-refractivity contribution < 1.29 is 9.90 Å². The maximum Gasteiger partial charge on any atom is 0.333 e. The molecule has 9 heteroatoms. The van der Waals surface area contributed by atoms with E-state index < -0.39 is 23.0 Å². The van der Waals surface area contributed by atoms with Crippen LogP contribution in [0.3, 0.4) is 0 Å². The lowest BCUT2D eigenvalue weighted by Crippen LogP contribution is -2.38. The number of nitrogens with zero attached hydrogens (tertiary/aromatic N) is 4. The van der Waals surface area contributed by atoms with Gasteiger partial charge >= 0.3 is 5.69 Å². The minimum atomic E-state index is -0.720. The Labute approximate surface area is 124 Å². The van der Waals surface area contributed by atoms with Crippen LogP contribution in [0.5, 0.6) is 5.88 Å². The number of carbonyl (C=O) groups excluding carboxylic acids is 1. The molecule has 9 nitrogen and oxygen atoms in total. The molecule has 0 aliphatic carbocycles. The molecule has 2 heterocycles. The number of pyridine rings is 1. The van der Waals surface area contributed by atoms with Gasteiger partial charge in [0.05, 0.1) is 6.21 Å². The Morgan fingerprint density at radius 2 is 1.91 bits per heavy atom. The molecule has 2 aromatic heterocycles. The lowest BCUT2D eigenvalue weighted by molar-refractivity contribution is 0.0955. The maximum absolute atomic E-state index is 11.9. The van der Waals surface area contributed by atoms with E-state index in [4.69, 9.17) is 0 Å². The number of rotatable bonds is 3. The highest BCUT2D eigenvalue weighted by Crippen LogP contribution is 2.05. The summed E-state index contributed by atoms with van der Waals surface area (Å²) in [4.78, 5) is 39.0. The van der Waals surface area contributed by atoms with Gasteiger partial charge < -0.3 is 5.11 Å². The van der Waals surface area contributed by atoms with E-state index in [1.165, 1.54) is 38.6 Å². The van der Waals surface area contributed by atoms with Crippen molar-refractivity contribution in [3.8, 4) is 5.88 Å². The predicted molar refractivity (Wildman–Crippen MR) is 77.9 cm³/mol. The van der Waals surface area contributed by atoms with Crippen LogP contribution < -0.4 is 16.7 Å². The Kier molecular flexibility index (Phi) is 4.16. The standard InChI is InChI=1S/C13H13N5O4/c1-17-11(20)9(12(21)18(2)13(17)22)7-15-16-10(19)8-3-5-14-6-4-8/h3-7,20H,1-2H3,(H,16,19)/b15-7+. The minimum absolute atomic E-state index is 0.209. The van der Waals surface area contributed by atoms with E-state index in [9.17, 15) is 19.5 Å². The number of carbonyl (C=O) groups is 1. The number of hydrazone groups is 1. The molecule has 0 fully saturated rings. The first kappa shape index (κ1) is 15.2. The normalized spacial score (nSPS) is 10.8. The molecule has 2 aromatic rings. The van der Waals surface area contributed by atoms with Gasteiger partial charge in [0.25, 0.3) is 11.5 Å². The number of aromatic hydroxyl groups is 1. The molecule has 0 aliphatic rings. The third-order valence-corrected chi connectivity index (χ3v) is 2.97. The number of aromatic nitrogens is 3. The van der Waals surface area contributed by atoms with Crippen LogP contribution in [0.2, 0.25) is 0 Å². The molecule has 114 valence electrons. The number of hydrogen-bond donors (Lipinski definition) is 2. The first-order chi connectivity index (χ1) is 10.4. The summed E-state index contributed by atoms with van der Waals surface area (Å²) < 4.78 is 1.72. The molecular weight excluding hydrogens is 290 g/mol. The SMILES string of the molecule is Cn1c(O)c(/C=N/NC(=O)c2ccncc2)c(=O)n(C)c1=O. The Balaban J connectivity index is 2.27. The Morgan fingerprint density at radius 1 is 1.27 bits per heavy atom. The molecule has 0 aliphatic heterocycles. The molecule has 0 spiro atoms. The molecule has 2 N–H and O–H groups in total. The topological polar surface area (TPSA) is 119 Å². The smallest absolute Gasteiger partial charge is 0.333 e. The van der Waals surface area contributed by atoms with Crippen LogP contribution in [0.15, 0.2) is 39.2 Å². The predicted octanol–water partition coefficient (Wildman–Crippen LogP) is -1.05. The molecule has 0 bridgehead atoms. The summed E-state index contributed by atoms with van der Waals surface area (Å²) in [5, 5.41) is 13.4. The van der Waals surface area contributed by atoms with Gasteiger partial charge in [0, 0.05) is 32.1 Å². The highest BCUT2D eigenvalue weighted by atomic mass is 16.3. The number of amides is 1. The first-order valence-corrected chi connectivity index (χ1v) is 6.16. The molecule has 0 saturated carbocycles. The van der Waals surface area contributed by atoms with Crippen molar-refractivity contribution in [2.75, 3.05) is 0 Å². The van der Waals surface area contributed by atoms with Crippen LogP contribution in [0, 0.1) is 0 Å². The first-order valence-electron chi connectivity index (χ1n) is 6.16. The molecule has 0 saturated heterocycles. The molecule has 0 radical (unpaired) electrons. The van der Waals surface area contributed by atoms with Gasteiger partial charge in [-0.25, -0.2) is 10.2 Å². The fourth-order valence-electron chi connectivity index (χ4n) is 1.70. The summed E-state index contributed by atoms with van der Waals surface area (Å²) in [5.41, 5.74) is 0.954. The lowest BCUT2D eigenvalue weighted by Gasteiger charge is -2.07. The quantitative estimate of drug-likeness (QED) is 0.554. The van der Waals surface area contributed by atoms with Crippen LogP contribution in [0.4, 0.5) is 0 Å². The molecular formula is C13H13N5O4. The molecule has 22 heavy (non-hydrogen) atoms. The Bertz CT molecular complexity index is 851. The van der Waals surface area contributed by atoms with Gasteiger partial charge in [0.15, 0.2) is 0 Å². The fourth-order valence-corrected chi connectivity index (χ4v) is 1.70. The Hall–Kier alpha value is -3.23. The number of nitrogens with one attached hydrogen (secondary N) is 1. The van der Waals surface area contributed by atoms with E-state index in [0.29, 0.717) is 5.56 Å². The van der Waals surface area contributed by atoms with Crippen LogP contribution in [0.1, 0.15) is 15.9 Å². The summed E-state index contributed by atoms with van der Waals surface area (Å²) in [6.07, 6.45) is 3.89. The van der Waals surface area contributed by atoms with E-state index in [-0.39, 0.29) is 5.56 Å². The third kappa shape index (κ3) is 2.77. The third-order valence-electron chi connectivity index (χ3n) is 2.97. The van der Waals surface area contributed by atoms with Gasteiger partial charge in [0.2, 0.25) is 5.88 Å². The van der Waals surface area contributed by atoms with Crippen molar-refractivity contribution in [2.24, 2.45) is 19.2 Å². The summed E-state index contributed by atoms with van der Waals surface area (Å²) >= 11 is 0. The molecule has 0 atom stereocenters. The molecule has 0 unspecified atom stereocenters. The van der Waals surface area contributed by atoms with Gasteiger partial charge in [-0.05, 0) is 12.1 Å². The van der Waals surface area contributed by atoms with E-state index in [2.05, 4.69) is 15.5 Å². The van der Waals surface area contributed by atoms with Crippen LogP contribution in [-0.2, 0) is 14.1 Å². The second-order valence-corrected chi connectivity index (χ2v) is 4.38. The molecule has 2 rings (SSSR count). The fraction of sp³-hybridized carbons (Fsp3) is 0.154. The zero-order chi connectivity index (χ0) is 16.3. The zero-order valence-electron chi connectivity index (χ0n) is 11.8. The summed E-state index contributed by atoms with van der Waals surface area (Å²) in [5.74, 6) is -1.03. The van der Waals surface area contributed by atoms with E-state index in [1.54, 1.807) is 0 Å². The van der Waals surface area contributed by atoms with E-state index >= 15 is 0 Å². The monoisotopic (exact) mass is 303 g/mol. The highest BCUT2D eigenvalue weighted by molar-refractivity contribution is 5.94. The minimum Gasteiger partial charge on any atom is -0.494 e. The maximum atomic E-state index is 11.9. The van der Waals surface area contributed by atoms with Gasteiger partial charge in [-0.3, -0.25) is 23.7 Å². The van der Waals surface area contributed by atoms with Crippen LogP contribution >= 0.6 is 0 Å². The van der Waals surface area contributed by atoms with Crippen molar-refractivity contribution in [1.29, 1.82) is 0 Å². The van der Waals surface area contributed by atoms with Crippen LogP contribution in [-0.4, -0.2) is 31.3 Å². The summed E-state index contributed by atoms with van der Waals surface area (Å²) in [6, 6.07) is 2.99. The van der Waals surface area contributed by atoms with E-state index in [1.807, 2.05) is 0 Å². The van der Waals surface area contributed by atoms with Gasteiger partial charge in [-0.2, -0.15) is 5.10 Å². The molecule has 1 amide bonds. The highest BCUT2D eigenvalue weighted by Gasteiger charge is 2.13. The van der Waals surface area contributed by atoms with Crippen LogP contribution in [0.25, 0.3) is 0 Å². The van der Waals surface area contributed by atoms with Gasteiger partial charge in [-0.15, -0.1) is 0 Å². The van der Waals surface area contributed by atoms with Crippen molar-refractivity contribution in [3.05, 3.63) is 56.5 Å². The summed E-state index contributed by atoms with van der Waals surface area (Å²) in [7, 11) is 2.58. The van der Waals surface area contributed by atoms with Crippen molar-refractivity contribution in [2.45, 2.75) is 0 Å². The second kappa shape index (κ2) is 6.04. The second-order valence-electron chi connectivity index (χ2n) is 4.38. The largest absolute Gasteiger partial charge is 0.494 e. The van der Waals surface area contributed by atoms with Crippen molar-refractivity contribution >= 4 is 12.1 Å².